The van der Waals surface area contributed by atoms with Gasteiger partial charge in [-0.3, -0.25) is 19.4 Å². The van der Waals surface area contributed by atoms with E-state index in [4.69, 9.17) is 5.26 Å². The molecule has 1 rings (SSSR count). The van der Waals surface area contributed by atoms with Crippen LogP contribution in [0.3, 0.4) is 0 Å². The normalized spacial score (nSPS) is 9.87. The molecule has 0 aliphatic heterocycles. The number of hydrogen-bond acceptors (Lipinski definition) is 5. The number of nitriles is 1. The van der Waals surface area contributed by atoms with E-state index in [2.05, 4.69) is 10.1 Å². The van der Waals surface area contributed by atoms with Gasteiger partial charge in [-0.1, -0.05) is 11.8 Å². The Labute approximate surface area is 89.9 Å². The Bertz CT molecular complexity index is 485. The first-order valence-electron chi connectivity index (χ1n) is 4.32. The van der Waals surface area contributed by atoms with E-state index in [-0.39, 0.29) is 0 Å². The van der Waals surface area contributed by atoms with Crippen molar-refractivity contribution in [2.45, 2.75) is 18.0 Å². The van der Waals surface area contributed by atoms with Crippen LogP contribution in [0.25, 0.3) is 0 Å². The molecule has 1 heterocycles. The molecule has 0 fully saturated rings. The van der Waals surface area contributed by atoms with Gasteiger partial charge in [-0.05, 0) is 6.42 Å². The van der Waals surface area contributed by atoms with Gasteiger partial charge in [-0.25, -0.2) is 0 Å². The lowest BCUT2D eigenvalue weighted by Crippen LogP contribution is -2.33. The lowest BCUT2D eigenvalue weighted by atomic mass is 10.4. The van der Waals surface area contributed by atoms with Crippen molar-refractivity contribution in [3.63, 3.8) is 0 Å². The maximum atomic E-state index is 10.9. The van der Waals surface area contributed by atoms with Crippen LogP contribution in [0.15, 0.2) is 14.7 Å². The zero-order chi connectivity index (χ0) is 11.3. The van der Waals surface area contributed by atoms with Crippen LogP contribution in [-0.4, -0.2) is 20.5 Å². The van der Waals surface area contributed by atoms with Gasteiger partial charge in [0.05, 0.1) is 6.07 Å². The molecule has 15 heavy (non-hydrogen) atoms. The van der Waals surface area contributed by atoms with Gasteiger partial charge in [0.1, 0.15) is 0 Å². The number of aromatic nitrogens is 3. The summed E-state index contributed by atoms with van der Waals surface area (Å²) < 4.78 is 1.40. The predicted molar refractivity (Wildman–Crippen MR) is 55.7 cm³/mol. The van der Waals surface area contributed by atoms with Gasteiger partial charge in [0.25, 0.3) is 0 Å². The third kappa shape index (κ3) is 3.25. The Balaban J connectivity index is 2.70. The molecule has 80 valence electrons. The molecule has 0 aromatic carbocycles. The highest BCUT2D eigenvalue weighted by Crippen LogP contribution is 2.12. The summed E-state index contributed by atoms with van der Waals surface area (Å²) >= 11 is 1.34. The average Bonchev–Trinajstić information content (AvgIpc) is 2.20. The summed E-state index contributed by atoms with van der Waals surface area (Å²) in [6.45, 7) is 0. The minimum atomic E-state index is -0.782. The summed E-state index contributed by atoms with van der Waals surface area (Å²) in [6.07, 6.45) is 1.21. The second-order valence-electron chi connectivity index (χ2n) is 2.81. The van der Waals surface area contributed by atoms with Crippen LogP contribution in [0.1, 0.15) is 12.8 Å². The first kappa shape index (κ1) is 11.5. The molecule has 0 aliphatic rings. The molecule has 0 bridgehead atoms. The number of hydrogen-bond donors (Lipinski definition) is 1. The lowest BCUT2D eigenvalue weighted by Gasteiger charge is -2.04. The second kappa shape index (κ2) is 5.36. The SMILES string of the molecule is Cn1[nH]c(=O)c(=O)nc1SCCCC#N. The molecular formula is C8H10N4O2S. The fourth-order valence-electron chi connectivity index (χ4n) is 0.904. The number of nitrogens with zero attached hydrogens (tertiary/aromatic N) is 3. The lowest BCUT2D eigenvalue weighted by molar-refractivity contribution is 0.596. The zero-order valence-corrected chi connectivity index (χ0v) is 9.00. The van der Waals surface area contributed by atoms with E-state index < -0.39 is 11.1 Å². The molecular weight excluding hydrogens is 216 g/mol. The molecule has 6 nitrogen and oxygen atoms in total. The summed E-state index contributed by atoms with van der Waals surface area (Å²) in [6, 6.07) is 2.03. The van der Waals surface area contributed by atoms with E-state index in [1.807, 2.05) is 6.07 Å². The van der Waals surface area contributed by atoms with E-state index in [0.717, 1.165) is 6.42 Å². The summed E-state index contributed by atoms with van der Waals surface area (Å²) in [5.74, 6) is 0.694. The van der Waals surface area contributed by atoms with Crippen molar-refractivity contribution in [2.24, 2.45) is 7.05 Å². The quantitative estimate of drug-likeness (QED) is 0.438. The van der Waals surface area contributed by atoms with Gasteiger partial charge < -0.3 is 0 Å². The Morgan fingerprint density at radius 3 is 3.00 bits per heavy atom. The smallest absolute Gasteiger partial charge is 0.265 e. The van der Waals surface area contributed by atoms with E-state index >= 15 is 0 Å². The largest absolute Gasteiger partial charge is 0.339 e. The molecule has 0 spiro atoms. The minimum Gasteiger partial charge on any atom is -0.265 e. The van der Waals surface area contributed by atoms with Crippen molar-refractivity contribution >= 4 is 11.8 Å². The first-order chi connectivity index (χ1) is 7.15. The molecule has 0 saturated carbocycles. The molecule has 0 unspecified atom stereocenters. The zero-order valence-electron chi connectivity index (χ0n) is 8.19. The van der Waals surface area contributed by atoms with E-state index in [9.17, 15) is 9.59 Å². The topological polar surface area (TPSA) is 91.5 Å². The Hall–Kier alpha value is -1.55. The predicted octanol–water partition coefficient (Wildman–Crippen LogP) is -0.136. The van der Waals surface area contributed by atoms with Crippen LogP contribution in [0.5, 0.6) is 0 Å². The van der Waals surface area contributed by atoms with Gasteiger partial charge in [0.2, 0.25) is 0 Å². The third-order valence-corrected chi connectivity index (χ3v) is 2.73. The molecule has 1 aromatic heterocycles. The van der Waals surface area contributed by atoms with Crippen LogP contribution in [0, 0.1) is 11.3 Å². The Morgan fingerprint density at radius 2 is 2.33 bits per heavy atom. The van der Waals surface area contributed by atoms with E-state index in [0.29, 0.717) is 17.3 Å². The van der Waals surface area contributed by atoms with Crippen molar-refractivity contribution < 1.29 is 0 Å². The molecule has 0 atom stereocenters. The highest BCUT2D eigenvalue weighted by atomic mass is 32.2. The maximum Gasteiger partial charge on any atom is 0.339 e. The highest BCUT2D eigenvalue weighted by molar-refractivity contribution is 7.99. The van der Waals surface area contributed by atoms with Crippen molar-refractivity contribution in [3.05, 3.63) is 20.7 Å². The van der Waals surface area contributed by atoms with Gasteiger partial charge in [0, 0.05) is 19.2 Å². The molecule has 1 N–H and O–H groups in total. The Kier molecular flexibility index (Phi) is 4.12. The minimum absolute atomic E-state index is 0.456. The monoisotopic (exact) mass is 226 g/mol. The average molecular weight is 226 g/mol. The number of aryl methyl sites for hydroxylation is 1. The van der Waals surface area contributed by atoms with Crippen LogP contribution >= 0.6 is 11.8 Å². The summed E-state index contributed by atoms with van der Waals surface area (Å²) in [7, 11) is 1.61. The van der Waals surface area contributed by atoms with Crippen LogP contribution < -0.4 is 11.1 Å². The molecule has 0 amide bonds. The number of thioether (sulfide) groups is 1. The number of unbranched alkanes of at least 4 members (excludes halogenated alkanes) is 1. The molecule has 0 radical (unpaired) electrons. The molecule has 0 aliphatic carbocycles. The van der Waals surface area contributed by atoms with Crippen LogP contribution in [0.2, 0.25) is 0 Å². The van der Waals surface area contributed by atoms with Gasteiger partial charge in [0.15, 0.2) is 5.16 Å². The summed E-state index contributed by atoms with van der Waals surface area (Å²) in [5.41, 5.74) is -1.50. The second-order valence-corrected chi connectivity index (χ2v) is 3.87. The molecule has 1 aromatic rings. The number of aromatic amines is 1. The van der Waals surface area contributed by atoms with E-state index in [1.54, 1.807) is 7.05 Å². The number of nitrogens with one attached hydrogen (secondary N) is 1. The van der Waals surface area contributed by atoms with Crippen molar-refractivity contribution in [2.75, 3.05) is 5.75 Å². The Morgan fingerprint density at radius 1 is 1.60 bits per heavy atom. The molecule has 7 heteroatoms. The summed E-state index contributed by atoms with van der Waals surface area (Å²) in [5, 5.41) is 11.1. The molecule has 0 saturated heterocycles. The first-order valence-corrected chi connectivity index (χ1v) is 5.31. The number of H-pyrrole nitrogens is 1. The summed E-state index contributed by atoms with van der Waals surface area (Å²) in [4.78, 5) is 25.4. The number of rotatable bonds is 4. The van der Waals surface area contributed by atoms with E-state index in [1.165, 1.54) is 16.4 Å². The standard InChI is InChI=1S/C8H10N4O2S/c1-12-8(15-5-3-2-4-9)10-6(13)7(14)11-12/h2-3,5H2,1H3,(H,11,14). The fraction of sp³-hybridized carbons (Fsp3) is 0.500. The van der Waals surface area contributed by atoms with Crippen LogP contribution in [-0.2, 0) is 7.05 Å². The van der Waals surface area contributed by atoms with Crippen molar-refractivity contribution in [3.8, 4) is 6.07 Å². The van der Waals surface area contributed by atoms with Crippen LogP contribution in [0.4, 0.5) is 0 Å². The highest BCUT2D eigenvalue weighted by Gasteiger charge is 2.03. The fourth-order valence-corrected chi connectivity index (χ4v) is 1.76. The maximum absolute atomic E-state index is 10.9. The van der Waals surface area contributed by atoms with Gasteiger partial charge >= 0.3 is 11.1 Å². The van der Waals surface area contributed by atoms with Crippen molar-refractivity contribution in [1.82, 2.24) is 14.8 Å². The third-order valence-electron chi connectivity index (χ3n) is 1.61. The van der Waals surface area contributed by atoms with Crippen molar-refractivity contribution in [1.29, 1.82) is 5.26 Å². The van der Waals surface area contributed by atoms with Gasteiger partial charge in [-0.2, -0.15) is 10.2 Å². The van der Waals surface area contributed by atoms with Gasteiger partial charge in [-0.15, -0.1) is 0 Å².